The molecule has 2 aliphatic rings. The second-order valence-electron chi connectivity index (χ2n) is 9.11. The molecule has 0 spiro atoms. The predicted molar refractivity (Wildman–Crippen MR) is 154 cm³/mol. The SMILES string of the molecule is CCC1=Cc2c(-c3cccc(Cl)c3Cl)cccc2C1c1[c-]ccc2c1Cc1ccccc1-2.C[SiH]C.[Cl-].[Cl-].[Zr+3]. The van der Waals surface area contributed by atoms with E-state index in [1.807, 2.05) is 12.1 Å². The minimum atomic E-state index is 0. The van der Waals surface area contributed by atoms with Gasteiger partial charge in [-0.1, -0.05) is 109 Å². The van der Waals surface area contributed by atoms with Gasteiger partial charge in [-0.15, -0.1) is 16.7 Å². The first kappa shape index (κ1) is 33.1. The zero-order chi connectivity index (χ0) is 24.5. The number of rotatable bonds is 3. The van der Waals surface area contributed by atoms with Crippen LogP contribution in [0.4, 0.5) is 0 Å². The van der Waals surface area contributed by atoms with Crippen molar-refractivity contribution in [1.82, 2.24) is 0 Å². The summed E-state index contributed by atoms with van der Waals surface area (Å²) < 4.78 is 0. The first-order chi connectivity index (χ1) is 17.1. The van der Waals surface area contributed by atoms with Crippen LogP contribution in [0.25, 0.3) is 28.3 Å². The average molecular weight is 674 g/mol. The van der Waals surface area contributed by atoms with Gasteiger partial charge >= 0.3 is 26.2 Å². The molecule has 4 aromatic carbocycles. The van der Waals surface area contributed by atoms with Crippen molar-refractivity contribution in [2.45, 2.75) is 38.8 Å². The van der Waals surface area contributed by atoms with Gasteiger partial charge in [0.25, 0.3) is 0 Å². The zero-order valence-corrected chi connectivity index (χ0v) is 28.2. The smallest absolute Gasteiger partial charge is 1.00 e. The fourth-order valence-electron chi connectivity index (χ4n) is 5.43. The molecule has 0 fully saturated rings. The van der Waals surface area contributed by atoms with Crippen molar-refractivity contribution >= 4 is 38.8 Å². The summed E-state index contributed by atoms with van der Waals surface area (Å²) in [6.45, 7) is 6.66. The molecule has 0 nitrogen and oxygen atoms in total. The molecule has 2 aliphatic carbocycles. The summed E-state index contributed by atoms with van der Waals surface area (Å²) in [5.41, 5.74) is 13.0. The van der Waals surface area contributed by atoms with Gasteiger partial charge in [0, 0.05) is 21.0 Å². The number of benzene rings is 4. The summed E-state index contributed by atoms with van der Waals surface area (Å²) in [7, 11) is 0.750. The van der Waals surface area contributed by atoms with Gasteiger partial charge in [0.05, 0.1) is 10.0 Å². The number of hydrogen-bond acceptors (Lipinski definition) is 0. The topological polar surface area (TPSA) is 0 Å². The van der Waals surface area contributed by atoms with Crippen molar-refractivity contribution in [3.8, 4) is 22.3 Å². The van der Waals surface area contributed by atoms with Gasteiger partial charge in [-0.2, -0.15) is 18.2 Å². The fraction of sp³-hybridized carbons (Fsp3) is 0.188. The standard InChI is InChI=1S/C30H21Cl2.C2H7Si.2ClH.Zr/c1-2-18-16-26-22(25-14-7-15-28(31)30(25)32)11-6-13-23(26)29(18)24-12-5-10-21-20-9-4-3-8-19(20)17-27(21)24;1-3-2;;;/h3-11,13-16,29H,2,17H2,1H3;3H,1-2H3;2*1H;/q-1;;;;+3/p-2. The van der Waals surface area contributed by atoms with E-state index in [-0.39, 0.29) is 56.9 Å². The van der Waals surface area contributed by atoms with Gasteiger partial charge < -0.3 is 24.8 Å². The fourth-order valence-corrected chi connectivity index (χ4v) is 5.84. The quantitative estimate of drug-likeness (QED) is 0.204. The van der Waals surface area contributed by atoms with E-state index >= 15 is 0 Å². The van der Waals surface area contributed by atoms with E-state index in [1.165, 1.54) is 44.5 Å². The van der Waals surface area contributed by atoms with Crippen molar-refractivity contribution < 1.29 is 51.0 Å². The molecule has 192 valence electrons. The van der Waals surface area contributed by atoms with Crippen LogP contribution in [0.15, 0.2) is 78.4 Å². The van der Waals surface area contributed by atoms with Crippen molar-refractivity contribution in [3.05, 3.63) is 122 Å². The molecule has 4 aromatic rings. The molecule has 0 heterocycles. The molecular weight excluding hydrogens is 645 g/mol. The molecule has 0 aromatic heterocycles. The monoisotopic (exact) mass is 670 g/mol. The average Bonchev–Trinajstić information content (AvgIpc) is 3.44. The van der Waals surface area contributed by atoms with Crippen LogP contribution in [0.3, 0.4) is 0 Å². The number of fused-ring (bicyclic) bond motifs is 4. The third-order valence-electron chi connectivity index (χ3n) is 6.90. The molecule has 6 rings (SSSR count). The molecule has 1 atom stereocenters. The van der Waals surface area contributed by atoms with Gasteiger partial charge in [0.15, 0.2) is 0 Å². The van der Waals surface area contributed by atoms with Crippen LogP contribution in [-0.2, 0) is 32.6 Å². The van der Waals surface area contributed by atoms with Gasteiger partial charge in [0.1, 0.15) is 0 Å². The van der Waals surface area contributed by atoms with Crippen LogP contribution in [0.2, 0.25) is 23.1 Å². The largest absolute Gasteiger partial charge is 3.00 e. The summed E-state index contributed by atoms with van der Waals surface area (Å²) in [5, 5.41) is 1.20. The summed E-state index contributed by atoms with van der Waals surface area (Å²) in [4.78, 5) is 0. The summed E-state index contributed by atoms with van der Waals surface area (Å²) in [6, 6.07) is 29.1. The molecule has 0 saturated heterocycles. The van der Waals surface area contributed by atoms with Crippen LogP contribution in [0.1, 0.15) is 47.1 Å². The third-order valence-corrected chi connectivity index (χ3v) is 7.72. The van der Waals surface area contributed by atoms with E-state index in [1.54, 1.807) is 0 Å². The molecule has 0 saturated carbocycles. The maximum Gasteiger partial charge on any atom is 3.00 e. The number of hydrogen-bond donors (Lipinski definition) is 0. The van der Waals surface area contributed by atoms with E-state index in [0.717, 1.165) is 33.5 Å². The molecule has 0 bridgehead atoms. The molecule has 38 heavy (non-hydrogen) atoms. The van der Waals surface area contributed by atoms with Crippen molar-refractivity contribution in [2.75, 3.05) is 0 Å². The van der Waals surface area contributed by atoms with Crippen molar-refractivity contribution in [3.63, 3.8) is 0 Å². The van der Waals surface area contributed by atoms with E-state index in [0.29, 0.717) is 10.0 Å². The Hall–Kier alpha value is -1.12. The third kappa shape index (κ3) is 5.97. The Labute approximate surface area is 271 Å². The van der Waals surface area contributed by atoms with Gasteiger partial charge in [-0.05, 0) is 46.7 Å². The van der Waals surface area contributed by atoms with Crippen LogP contribution in [0, 0.1) is 6.07 Å². The van der Waals surface area contributed by atoms with Crippen molar-refractivity contribution in [1.29, 1.82) is 0 Å². The van der Waals surface area contributed by atoms with Gasteiger partial charge in [-0.25, -0.2) is 0 Å². The Morgan fingerprint density at radius 1 is 0.842 bits per heavy atom. The second-order valence-corrected chi connectivity index (χ2v) is 11.1. The van der Waals surface area contributed by atoms with Crippen LogP contribution < -0.4 is 24.8 Å². The van der Waals surface area contributed by atoms with Crippen LogP contribution in [-0.4, -0.2) is 9.52 Å². The Bertz CT molecular complexity index is 1450. The number of halogens is 4. The minimum Gasteiger partial charge on any atom is -1.00 e. The zero-order valence-electron chi connectivity index (χ0n) is 21.6. The number of allylic oxidation sites excluding steroid dienone is 1. The Balaban J connectivity index is 0.000000809. The maximum atomic E-state index is 6.62. The van der Waals surface area contributed by atoms with E-state index in [4.69, 9.17) is 23.2 Å². The molecule has 6 heteroatoms. The molecule has 0 amide bonds. The Morgan fingerprint density at radius 3 is 2.24 bits per heavy atom. The van der Waals surface area contributed by atoms with Crippen molar-refractivity contribution in [2.24, 2.45) is 0 Å². The Kier molecular flexibility index (Phi) is 12.6. The molecule has 1 unspecified atom stereocenters. The first-order valence-corrected chi connectivity index (χ1v) is 15.3. The van der Waals surface area contributed by atoms with E-state index in [9.17, 15) is 0 Å². The maximum absolute atomic E-state index is 6.62. The summed E-state index contributed by atoms with van der Waals surface area (Å²) in [5.74, 6) is 0.220. The molecule has 0 aliphatic heterocycles. The summed E-state index contributed by atoms with van der Waals surface area (Å²) >= 11 is 13.0. The Morgan fingerprint density at radius 2 is 1.50 bits per heavy atom. The molecular formula is C32H28Cl4SiZr. The summed E-state index contributed by atoms with van der Waals surface area (Å²) in [6.07, 6.45) is 4.33. The van der Waals surface area contributed by atoms with Crippen LogP contribution in [0.5, 0.6) is 0 Å². The van der Waals surface area contributed by atoms with Gasteiger partial charge in [0.2, 0.25) is 0 Å². The molecule has 0 N–H and O–H groups in total. The second kappa shape index (κ2) is 14.5. The predicted octanol–water partition coefficient (Wildman–Crippen LogP) is 3.50. The first-order valence-electron chi connectivity index (χ1n) is 12.2. The molecule has 2 radical (unpaired) electrons. The van der Waals surface area contributed by atoms with Crippen LogP contribution >= 0.6 is 23.2 Å². The minimum absolute atomic E-state index is 0. The van der Waals surface area contributed by atoms with E-state index < -0.39 is 0 Å². The van der Waals surface area contributed by atoms with E-state index in [2.05, 4.69) is 92.8 Å². The normalized spacial score (nSPS) is 13.8. The van der Waals surface area contributed by atoms with Gasteiger partial charge in [-0.3, -0.25) is 0 Å².